The molecule has 2 nitrogen and oxygen atoms in total. The fourth-order valence-corrected chi connectivity index (χ4v) is 2.71. The van der Waals surface area contributed by atoms with Crippen LogP contribution >= 0.6 is 0 Å². The first-order valence-corrected chi connectivity index (χ1v) is 5.93. The van der Waals surface area contributed by atoms with Gasteiger partial charge in [0.15, 0.2) is 0 Å². The Bertz CT molecular complexity index is 405. The molecule has 0 saturated heterocycles. The number of anilines is 1. The number of hydrogen-bond donors (Lipinski definition) is 0. The van der Waals surface area contributed by atoms with E-state index < -0.39 is 0 Å². The van der Waals surface area contributed by atoms with Gasteiger partial charge in [0.2, 0.25) is 0 Å². The molecule has 0 spiro atoms. The smallest absolute Gasteiger partial charge is 0.105 e. The van der Waals surface area contributed by atoms with Crippen molar-refractivity contribution in [2.45, 2.75) is 26.2 Å². The molecule has 1 aliphatic heterocycles. The lowest BCUT2D eigenvalue weighted by Crippen LogP contribution is -2.27. The van der Waals surface area contributed by atoms with Gasteiger partial charge in [-0.1, -0.05) is 32.0 Å². The zero-order valence-corrected chi connectivity index (χ0v) is 9.98. The van der Waals surface area contributed by atoms with Gasteiger partial charge in [0.1, 0.15) is 6.54 Å². The number of benzene rings is 1. The molecule has 1 aromatic rings. The van der Waals surface area contributed by atoms with E-state index in [1.807, 2.05) is 0 Å². The second-order valence-corrected chi connectivity index (χ2v) is 4.84. The van der Waals surface area contributed by atoms with Crippen molar-refractivity contribution in [3.8, 4) is 6.07 Å². The van der Waals surface area contributed by atoms with Crippen LogP contribution in [0.3, 0.4) is 0 Å². The van der Waals surface area contributed by atoms with Crippen LogP contribution < -0.4 is 4.90 Å². The van der Waals surface area contributed by atoms with Gasteiger partial charge >= 0.3 is 0 Å². The minimum atomic E-state index is 0.494. The number of fused-ring (bicyclic) bond motifs is 1. The van der Waals surface area contributed by atoms with E-state index in [1.165, 1.54) is 17.7 Å². The Morgan fingerprint density at radius 1 is 1.38 bits per heavy atom. The van der Waals surface area contributed by atoms with E-state index in [0.717, 1.165) is 6.54 Å². The minimum Gasteiger partial charge on any atom is -0.358 e. The summed E-state index contributed by atoms with van der Waals surface area (Å²) in [6, 6.07) is 10.8. The summed E-state index contributed by atoms with van der Waals surface area (Å²) in [5.74, 6) is 1.24. The Balaban J connectivity index is 2.41. The highest BCUT2D eigenvalue weighted by molar-refractivity contribution is 5.56. The monoisotopic (exact) mass is 214 g/mol. The Morgan fingerprint density at radius 2 is 2.12 bits per heavy atom. The summed E-state index contributed by atoms with van der Waals surface area (Å²) in [5, 5.41) is 8.90. The third-order valence-electron chi connectivity index (χ3n) is 3.36. The van der Waals surface area contributed by atoms with Crippen molar-refractivity contribution in [2.24, 2.45) is 5.92 Å². The van der Waals surface area contributed by atoms with Gasteiger partial charge < -0.3 is 4.90 Å². The zero-order chi connectivity index (χ0) is 11.5. The first-order chi connectivity index (χ1) is 7.72. The summed E-state index contributed by atoms with van der Waals surface area (Å²) < 4.78 is 0. The van der Waals surface area contributed by atoms with Crippen LogP contribution in [0.25, 0.3) is 0 Å². The third kappa shape index (κ3) is 2.04. The number of hydrogen-bond acceptors (Lipinski definition) is 2. The predicted octanol–water partition coefficient (Wildman–Crippen LogP) is 3.16. The highest BCUT2D eigenvalue weighted by atomic mass is 15.1. The molecule has 0 bridgehead atoms. The molecule has 0 saturated carbocycles. The van der Waals surface area contributed by atoms with Crippen LogP contribution in [0.15, 0.2) is 24.3 Å². The molecule has 16 heavy (non-hydrogen) atoms. The lowest BCUT2D eigenvalue weighted by Gasteiger charge is -2.23. The summed E-state index contributed by atoms with van der Waals surface area (Å²) in [5.41, 5.74) is 2.64. The lowest BCUT2D eigenvalue weighted by atomic mass is 9.92. The molecule has 84 valence electrons. The minimum absolute atomic E-state index is 0.494. The average Bonchev–Trinajstić information content (AvgIpc) is 2.38. The van der Waals surface area contributed by atoms with Crippen molar-refractivity contribution in [3.63, 3.8) is 0 Å². The molecular weight excluding hydrogens is 196 g/mol. The standard InChI is InChI=1S/C14H18N2/c1-11-9-12(2)13-5-3-4-6-14(13)16(10-11)8-7-15/h3-6,11-12H,8-10H2,1-2H3/t11-,12-/m0/s1. The molecule has 0 radical (unpaired) electrons. The van der Waals surface area contributed by atoms with Gasteiger partial charge in [0.25, 0.3) is 0 Å². The van der Waals surface area contributed by atoms with Gasteiger partial charge in [-0.25, -0.2) is 0 Å². The second-order valence-electron chi connectivity index (χ2n) is 4.84. The van der Waals surface area contributed by atoms with Crippen LogP contribution in [0, 0.1) is 17.2 Å². The molecule has 0 unspecified atom stereocenters. The van der Waals surface area contributed by atoms with Gasteiger partial charge in [-0.05, 0) is 29.9 Å². The maximum atomic E-state index is 8.90. The molecule has 1 heterocycles. The first-order valence-electron chi connectivity index (χ1n) is 5.93. The summed E-state index contributed by atoms with van der Waals surface area (Å²) in [6.07, 6.45) is 1.21. The molecule has 2 rings (SSSR count). The van der Waals surface area contributed by atoms with Crippen molar-refractivity contribution in [1.82, 2.24) is 0 Å². The summed E-state index contributed by atoms with van der Waals surface area (Å²) in [7, 11) is 0. The van der Waals surface area contributed by atoms with Crippen molar-refractivity contribution < 1.29 is 0 Å². The van der Waals surface area contributed by atoms with E-state index in [9.17, 15) is 0 Å². The van der Waals surface area contributed by atoms with Gasteiger partial charge in [-0.2, -0.15) is 5.26 Å². The van der Waals surface area contributed by atoms with Crippen LogP contribution in [0.2, 0.25) is 0 Å². The molecule has 0 aromatic heterocycles. The lowest BCUT2D eigenvalue weighted by molar-refractivity contribution is 0.499. The van der Waals surface area contributed by atoms with Crippen molar-refractivity contribution >= 4 is 5.69 Å². The number of nitrogens with zero attached hydrogens (tertiary/aromatic N) is 2. The molecular formula is C14H18N2. The van der Waals surface area contributed by atoms with E-state index in [0.29, 0.717) is 18.4 Å². The maximum Gasteiger partial charge on any atom is 0.105 e. The molecule has 2 heteroatoms. The molecule has 2 atom stereocenters. The predicted molar refractivity (Wildman–Crippen MR) is 66.5 cm³/mol. The highest BCUT2D eigenvalue weighted by Crippen LogP contribution is 2.35. The molecule has 0 aliphatic carbocycles. The quantitative estimate of drug-likeness (QED) is 0.671. The molecule has 0 N–H and O–H groups in total. The Kier molecular flexibility index (Phi) is 3.14. The summed E-state index contributed by atoms with van der Waals surface area (Å²) in [4.78, 5) is 2.21. The zero-order valence-electron chi connectivity index (χ0n) is 9.98. The van der Waals surface area contributed by atoms with Gasteiger partial charge in [0.05, 0.1) is 6.07 Å². The van der Waals surface area contributed by atoms with Gasteiger partial charge in [0, 0.05) is 12.2 Å². The Hall–Kier alpha value is -1.49. The number of rotatable bonds is 1. The molecule has 0 fully saturated rings. The normalized spacial score (nSPS) is 24.4. The van der Waals surface area contributed by atoms with Gasteiger partial charge in [-0.3, -0.25) is 0 Å². The van der Waals surface area contributed by atoms with Crippen LogP contribution in [0.1, 0.15) is 31.7 Å². The number of nitriles is 1. The average molecular weight is 214 g/mol. The third-order valence-corrected chi connectivity index (χ3v) is 3.36. The highest BCUT2D eigenvalue weighted by Gasteiger charge is 2.23. The van der Waals surface area contributed by atoms with E-state index in [4.69, 9.17) is 5.26 Å². The summed E-state index contributed by atoms with van der Waals surface area (Å²) >= 11 is 0. The van der Waals surface area contributed by atoms with Crippen molar-refractivity contribution in [1.29, 1.82) is 5.26 Å². The number of para-hydroxylation sites is 1. The largest absolute Gasteiger partial charge is 0.358 e. The van der Waals surface area contributed by atoms with Crippen LogP contribution in [0.5, 0.6) is 0 Å². The van der Waals surface area contributed by atoms with Crippen LogP contribution in [0.4, 0.5) is 5.69 Å². The summed E-state index contributed by atoms with van der Waals surface area (Å²) in [6.45, 7) is 6.04. The fraction of sp³-hybridized carbons (Fsp3) is 0.500. The van der Waals surface area contributed by atoms with Crippen molar-refractivity contribution in [3.05, 3.63) is 29.8 Å². The fourth-order valence-electron chi connectivity index (χ4n) is 2.71. The van der Waals surface area contributed by atoms with E-state index >= 15 is 0 Å². The Morgan fingerprint density at radius 3 is 2.88 bits per heavy atom. The second kappa shape index (κ2) is 4.57. The Labute approximate surface area is 97.5 Å². The maximum absolute atomic E-state index is 8.90. The van der Waals surface area contributed by atoms with E-state index in [-0.39, 0.29) is 0 Å². The molecule has 1 aromatic carbocycles. The SMILES string of the molecule is C[C@H]1C[C@H](C)c2ccccc2N(CC#N)C1. The van der Waals surface area contributed by atoms with Gasteiger partial charge in [-0.15, -0.1) is 0 Å². The molecule has 0 amide bonds. The van der Waals surface area contributed by atoms with E-state index in [1.54, 1.807) is 0 Å². The van der Waals surface area contributed by atoms with Crippen molar-refractivity contribution in [2.75, 3.05) is 18.0 Å². The van der Waals surface area contributed by atoms with Crippen LogP contribution in [-0.2, 0) is 0 Å². The van der Waals surface area contributed by atoms with E-state index in [2.05, 4.69) is 49.1 Å². The van der Waals surface area contributed by atoms with Crippen LogP contribution in [-0.4, -0.2) is 13.1 Å². The first kappa shape index (κ1) is 11.0. The topological polar surface area (TPSA) is 27.0 Å². The molecule has 1 aliphatic rings.